The van der Waals surface area contributed by atoms with Crippen molar-refractivity contribution in [2.24, 2.45) is 0 Å². The smallest absolute Gasteiger partial charge is 0.189 e. The quantitative estimate of drug-likeness (QED) is 0.491. The van der Waals surface area contributed by atoms with Crippen LogP contribution in [-0.2, 0) is 6.54 Å². The van der Waals surface area contributed by atoms with Crippen LogP contribution in [0.3, 0.4) is 0 Å². The van der Waals surface area contributed by atoms with Gasteiger partial charge in [-0.15, -0.1) is 0 Å². The van der Waals surface area contributed by atoms with Gasteiger partial charge in [0.1, 0.15) is 5.82 Å². The van der Waals surface area contributed by atoms with Crippen LogP contribution in [0.15, 0.2) is 67.0 Å². The van der Waals surface area contributed by atoms with Gasteiger partial charge in [-0.1, -0.05) is 36.4 Å². The molecule has 7 heteroatoms. The van der Waals surface area contributed by atoms with Crippen molar-refractivity contribution in [3.8, 4) is 0 Å². The highest BCUT2D eigenvalue weighted by Gasteiger charge is 2.05. The Morgan fingerprint density at radius 1 is 1.04 bits per heavy atom. The predicted octanol–water partition coefficient (Wildman–Crippen LogP) is 3.38. The molecule has 0 unspecified atom stereocenters. The van der Waals surface area contributed by atoms with E-state index in [2.05, 4.69) is 21.3 Å². The monoisotopic (exact) mass is 341 g/mol. The molecule has 0 amide bonds. The normalized spacial score (nSPS) is 10.2. The Morgan fingerprint density at radius 3 is 2.58 bits per heavy atom. The van der Waals surface area contributed by atoms with Crippen LogP contribution in [0.4, 0.5) is 15.8 Å². The fourth-order valence-corrected chi connectivity index (χ4v) is 2.30. The summed E-state index contributed by atoms with van der Waals surface area (Å²) in [6.45, 7) is 0.358. The Hall–Kier alpha value is -2.93. The van der Waals surface area contributed by atoms with E-state index in [4.69, 9.17) is 12.2 Å². The molecule has 0 saturated heterocycles. The first kappa shape index (κ1) is 15.9. The minimum Gasteiger partial charge on any atom is -0.329 e. The van der Waals surface area contributed by atoms with Crippen molar-refractivity contribution < 1.29 is 4.39 Å². The van der Waals surface area contributed by atoms with Crippen molar-refractivity contribution in [1.82, 2.24) is 15.2 Å². The predicted molar refractivity (Wildman–Crippen MR) is 97.2 cm³/mol. The molecule has 3 N–H and O–H groups in total. The number of hydrogen-bond acceptors (Lipinski definition) is 3. The molecule has 0 spiro atoms. The van der Waals surface area contributed by atoms with E-state index in [1.54, 1.807) is 35.3 Å². The number of nitrogens with one attached hydrogen (secondary N) is 3. The second-order valence-corrected chi connectivity index (χ2v) is 5.50. The maximum atomic E-state index is 13.7. The third-order valence-electron chi connectivity index (χ3n) is 3.28. The van der Waals surface area contributed by atoms with Gasteiger partial charge >= 0.3 is 0 Å². The lowest BCUT2D eigenvalue weighted by atomic mass is 10.2. The summed E-state index contributed by atoms with van der Waals surface area (Å²) in [5.74, 6) is -0.244. The zero-order chi connectivity index (χ0) is 16.8. The fraction of sp³-hybridized carbons (Fsp3) is 0.0588. The minimum absolute atomic E-state index is 0.244. The summed E-state index contributed by atoms with van der Waals surface area (Å²) in [5.41, 5.74) is 8.08. The van der Waals surface area contributed by atoms with Crippen LogP contribution < -0.4 is 16.2 Å². The molecule has 0 fully saturated rings. The topological polar surface area (TPSA) is 53.9 Å². The van der Waals surface area contributed by atoms with Crippen molar-refractivity contribution in [3.05, 3.63) is 78.4 Å². The molecule has 0 aliphatic rings. The average Bonchev–Trinajstić information content (AvgIpc) is 3.03. The molecule has 122 valence electrons. The molecule has 5 nitrogen and oxygen atoms in total. The Balaban J connectivity index is 1.54. The molecule has 1 heterocycles. The molecule has 0 aliphatic carbocycles. The molecular formula is C17H16FN5S. The Morgan fingerprint density at radius 2 is 1.79 bits per heavy atom. The van der Waals surface area contributed by atoms with Gasteiger partial charge in [0.25, 0.3) is 0 Å². The molecule has 0 radical (unpaired) electrons. The average molecular weight is 341 g/mol. The number of rotatable bonds is 5. The van der Waals surface area contributed by atoms with E-state index in [0.29, 0.717) is 17.2 Å². The molecule has 2 aromatic carbocycles. The van der Waals surface area contributed by atoms with Crippen LogP contribution in [0.5, 0.6) is 0 Å². The van der Waals surface area contributed by atoms with Crippen molar-refractivity contribution in [3.63, 3.8) is 0 Å². The van der Waals surface area contributed by atoms with E-state index < -0.39 is 0 Å². The first-order valence-electron chi connectivity index (χ1n) is 7.34. The van der Waals surface area contributed by atoms with E-state index in [1.165, 1.54) is 6.07 Å². The Labute approximate surface area is 144 Å². The van der Waals surface area contributed by atoms with Gasteiger partial charge in [-0.05, 0) is 30.4 Å². The lowest BCUT2D eigenvalue weighted by Gasteiger charge is -2.11. The maximum Gasteiger partial charge on any atom is 0.189 e. The van der Waals surface area contributed by atoms with Crippen LogP contribution in [0.1, 0.15) is 5.56 Å². The standard InChI is InChI=1S/C17H16FN5S/c18-16-9-5-4-6-13(16)11-23-12-15(10-19-23)20-17(24)22-21-14-7-2-1-3-8-14/h1-10,12,21H,11H2,(H2,20,22,24). The van der Waals surface area contributed by atoms with Crippen LogP contribution >= 0.6 is 12.2 Å². The molecule has 0 atom stereocenters. The van der Waals surface area contributed by atoms with Crippen molar-refractivity contribution >= 4 is 28.7 Å². The highest BCUT2D eigenvalue weighted by Crippen LogP contribution is 2.11. The molecule has 3 rings (SSSR count). The van der Waals surface area contributed by atoms with Gasteiger partial charge in [-0.25, -0.2) is 4.39 Å². The van der Waals surface area contributed by atoms with Gasteiger partial charge in [0.05, 0.1) is 24.1 Å². The van der Waals surface area contributed by atoms with Crippen molar-refractivity contribution in [2.45, 2.75) is 6.54 Å². The number of nitrogens with zero attached hydrogens (tertiary/aromatic N) is 2. The van der Waals surface area contributed by atoms with Crippen LogP contribution in [0.2, 0.25) is 0 Å². The zero-order valence-electron chi connectivity index (χ0n) is 12.7. The summed E-state index contributed by atoms with van der Waals surface area (Å²) < 4.78 is 15.3. The van der Waals surface area contributed by atoms with Crippen LogP contribution in [0, 0.1) is 5.82 Å². The highest BCUT2D eigenvalue weighted by molar-refractivity contribution is 7.80. The van der Waals surface area contributed by atoms with Gasteiger partial charge in [0, 0.05) is 11.8 Å². The molecule has 24 heavy (non-hydrogen) atoms. The van der Waals surface area contributed by atoms with E-state index in [-0.39, 0.29) is 5.82 Å². The molecular weight excluding hydrogens is 325 g/mol. The summed E-state index contributed by atoms with van der Waals surface area (Å²) in [6, 6.07) is 16.3. The van der Waals surface area contributed by atoms with Crippen molar-refractivity contribution in [2.75, 3.05) is 10.7 Å². The summed E-state index contributed by atoms with van der Waals surface area (Å²) >= 11 is 5.21. The van der Waals surface area contributed by atoms with Gasteiger partial charge in [0.2, 0.25) is 0 Å². The molecule has 0 bridgehead atoms. The SMILES string of the molecule is Fc1ccccc1Cn1cc(NC(=S)NNc2ccccc2)cn1. The van der Waals surface area contributed by atoms with Crippen LogP contribution in [0.25, 0.3) is 0 Å². The Kier molecular flexibility index (Phi) is 5.02. The van der Waals surface area contributed by atoms with E-state index in [0.717, 1.165) is 11.4 Å². The van der Waals surface area contributed by atoms with E-state index in [9.17, 15) is 4.39 Å². The fourth-order valence-electron chi connectivity index (χ4n) is 2.13. The first-order chi connectivity index (χ1) is 11.7. The summed E-state index contributed by atoms with van der Waals surface area (Å²) in [5, 5.41) is 7.62. The highest BCUT2D eigenvalue weighted by atomic mass is 32.1. The summed E-state index contributed by atoms with van der Waals surface area (Å²) in [7, 11) is 0. The largest absolute Gasteiger partial charge is 0.329 e. The zero-order valence-corrected chi connectivity index (χ0v) is 13.6. The lowest BCUT2D eigenvalue weighted by molar-refractivity contribution is 0.585. The van der Waals surface area contributed by atoms with Gasteiger partial charge in [-0.3, -0.25) is 15.5 Å². The number of anilines is 2. The second kappa shape index (κ2) is 7.56. The van der Waals surface area contributed by atoms with Crippen molar-refractivity contribution in [1.29, 1.82) is 0 Å². The number of halogens is 1. The summed E-state index contributed by atoms with van der Waals surface area (Å²) in [6.07, 6.45) is 3.40. The minimum atomic E-state index is -0.244. The third-order valence-corrected chi connectivity index (χ3v) is 3.48. The molecule has 1 aromatic heterocycles. The number of hydrazine groups is 1. The van der Waals surface area contributed by atoms with E-state index in [1.807, 2.05) is 30.3 Å². The first-order valence-corrected chi connectivity index (χ1v) is 7.75. The number of aromatic nitrogens is 2. The number of thiocarbonyl (C=S) groups is 1. The molecule has 3 aromatic rings. The number of para-hydroxylation sites is 1. The maximum absolute atomic E-state index is 13.7. The summed E-state index contributed by atoms with van der Waals surface area (Å²) in [4.78, 5) is 0. The van der Waals surface area contributed by atoms with E-state index >= 15 is 0 Å². The third kappa shape index (κ3) is 4.30. The number of benzene rings is 2. The van der Waals surface area contributed by atoms with Gasteiger partial charge < -0.3 is 5.32 Å². The molecule has 0 saturated carbocycles. The van der Waals surface area contributed by atoms with Gasteiger partial charge in [0.15, 0.2) is 5.11 Å². The Bertz CT molecular complexity index is 819. The number of hydrogen-bond donors (Lipinski definition) is 3. The molecule has 0 aliphatic heterocycles. The van der Waals surface area contributed by atoms with Crippen LogP contribution in [-0.4, -0.2) is 14.9 Å². The van der Waals surface area contributed by atoms with Gasteiger partial charge in [-0.2, -0.15) is 5.10 Å². The lowest BCUT2D eigenvalue weighted by Crippen LogP contribution is -2.33. The second-order valence-electron chi connectivity index (χ2n) is 5.09.